The second-order valence-corrected chi connectivity index (χ2v) is 5.64. The van der Waals surface area contributed by atoms with Gasteiger partial charge in [0.15, 0.2) is 0 Å². The van der Waals surface area contributed by atoms with E-state index >= 15 is 0 Å². The van der Waals surface area contributed by atoms with Gasteiger partial charge in [0.1, 0.15) is 0 Å². The average molecular weight is 263 g/mol. The van der Waals surface area contributed by atoms with E-state index in [0.717, 1.165) is 31.1 Å². The lowest BCUT2D eigenvalue weighted by atomic mass is 9.99. The number of nitrogens with zero attached hydrogens (tertiary/aromatic N) is 1. The maximum Gasteiger partial charge on any atom is 0.0900 e. The van der Waals surface area contributed by atoms with Gasteiger partial charge >= 0.3 is 0 Å². The minimum atomic E-state index is -0.378. The fourth-order valence-corrected chi connectivity index (χ4v) is 2.48. The first kappa shape index (κ1) is 14.5. The molecule has 1 aromatic rings. The van der Waals surface area contributed by atoms with Crippen LogP contribution in [0.4, 0.5) is 0 Å². The highest BCUT2D eigenvalue weighted by Crippen LogP contribution is 2.16. The van der Waals surface area contributed by atoms with Crippen LogP contribution in [0.2, 0.25) is 0 Å². The minimum Gasteiger partial charge on any atom is -0.389 e. The van der Waals surface area contributed by atoms with Crippen molar-refractivity contribution in [2.75, 3.05) is 26.2 Å². The van der Waals surface area contributed by atoms with E-state index in [9.17, 15) is 5.11 Å². The third kappa shape index (κ3) is 5.31. The number of benzene rings is 1. The van der Waals surface area contributed by atoms with Crippen LogP contribution in [0, 0.1) is 5.92 Å². The van der Waals surface area contributed by atoms with Crippen molar-refractivity contribution < 1.29 is 9.84 Å². The smallest absolute Gasteiger partial charge is 0.0900 e. The number of piperidine rings is 1. The van der Waals surface area contributed by atoms with Gasteiger partial charge in [0, 0.05) is 6.54 Å². The van der Waals surface area contributed by atoms with Gasteiger partial charge in [0.25, 0.3) is 0 Å². The predicted molar refractivity (Wildman–Crippen MR) is 76.9 cm³/mol. The SMILES string of the molecule is CC1CCN(C[C@@H](O)COCc2ccccc2)CC1. The predicted octanol–water partition coefficient (Wildman–Crippen LogP) is 2.30. The maximum absolute atomic E-state index is 9.98. The summed E-state index contributed by atoms with van der Waals surface area (Å²) >= 11 is 0. The average Bonchev–Trinajstić information content (AvgIpc) is 2.43. The highest BCUT2D eigenvalue weighted by atomic mass is 16.5. The first-order valence-electron chi connectivity index (χ1n) is 7.26. The summed E-state index contributed by atoms with van der Waals surface area (Å²) < 4.78 is 5.57. The third-order valence-electron chi connectivity index (χ3n) is 3.77. The number of aliphatic hydroxyl groups excluding tert-OH is 1. The van der Waals surface area contributed by atoms with Gasteiger partial charge in [-0.1, -0.05) is 37.3 Å². The number of hydrogen-bond donors (Lipinski definition) is 1. The molecular formula is C16H25NO2. The number of rotatable bonds is 6. The van der Waals surface area contributed by atoms with E-state index in [0.29, 0.717) is 13.2 Å². The molecule has 3 heteroatoms. The highest BCUT2D eigenvalue weighted by molar-refractivity contribution is 5.13. The largest absolute Gasteiger partial charge is 0.389 e. The van der Waals surface area contributed by atoms with Crippen molar-refractivity contribution in [3.8, 4) is 0 Å². The van der Waals surface area contributed by atoms with Crippen LogP contribution in [0.15, 0.2) is 30.3 Å². The van der Waals surface area contributed by atoms with Crippen molar-refractivity contribution in [3.05, 3.63) is 35.9 Å². The Labute approximate surface area is 116 Å². The molecule has 0 aliphatic carbocycles. The van der Waals surface area contributed by atoms with Crippen molar-refractivity contribution in [2.24, 2.45) is 5.92 Å². The summed E-state index contributed by atoms with van der Waals surface area (Å²) in [6, 6.07) is 10.1. The molecule has 0 aromatic heterocycles. The molecule has 1 aliphatic rings. The van der Waals surface area contributed by atoms with Crippen molar-refractivity contribution in [3.63, 3.8) is 0 Å². The van der Waals surface area contributed by atoms with E-state index < -0.39 is 0 Å². The molecule has 0 bridgehead atoms. The quantitative estimate of drug-likeness (QED) is 0.855. The third-order valence-corrected chi connectivity index (χ3v) is 3.77. The van der Waals surface area contributed by atoms with Gasteiger partial charge in [-0.25, -0.2) is 0 Å². The summed E-state index contributed by atoms with van der Waals surface area (Å²) in [5.74, 6) is 0.836. The Morgan fingerprint density at radius 1 is 1.26 bits per heavy atom. The fourth-order valence-electron chi connectivity index (χ4n) is 2.48. The molecule has 106 valence electrons. The van der Waals surface area contributed by atoms with Crippen molar-refractivity contribution in [1.29, 1.82) is 0 Å². The van der Waals surface area contributed by atoms with E-state index in [4.69, 9.17) is 4.74 Å². The van der Waals surface area contributed by atoms with Gasteiger partial charge in [-0.15, -0.1) is 0 Å². The van der Waals surface area contributed by atoms with Crippen LogP contribution >= 0.6 is 0 Å². The van der Waals surface area contributed by atoms with Crippen molar-refractivity contribution in [1.82, 2.24) is 4.90 Å². The molecule has 19 heavy (non-hydrogen) atoms. The molecule has 0 unspecified atom stereocenters. The zero-order valence-electron chi connectivity index (χ0n) is 11.8. The van der Waals surface area contributed by atoms with E-state index in [1.165, 1.54) is 12.8 Å². The van der Waals surface area contributed by atoms with Gasteiger partial charge in [-0.05, 0) is 37.4 Å². The van der Waals surface area contributed by atoms with Crippen molar-refractivity contribution in [2.45, 2.75) is 32.5 Å². The number of ether oxygens (including phenoxy) is 1. The summed E-state index contributed by atoms with van der Waals surface area (Å²) in [5, 5.41) is 9.98. The highest BCUT2D eigenvalue weighted by Gasteiger charge is 2.18. The summed E-state index contributed by atoms with van der Waals surface area (Å²) in [5.41, 5.74) is 1.15. The molecule has 0 amide bonds. The molecule has 1 atom stereocenters. The van der Waals surface area contributed by atoms with E-state index in [2.05, 4.69) is 11.8 Å². The normalized spacial score (nSPS) is 19.5. The summed E-state index contributed by atoms with van der Waals surface area (Å²) in [7, 11) is 0. The Bertz CT molecular complexity index is 347. The lowest BCUT2D eigenvalue weighted by Gasteiger charge is -2.31. The molecule has 1 fully saturated rings. The first-order chi connectivity index (χ1) is 9.24. The molecule has 1 heterocycles. The second kappa shape index (κ2) is 7.63. The van der Waals surface area contributed by atoms with Crippen LogP contribution < -0.4 is 0 Å². The minimum absolute atomic E-state index is 0.378. The van der Waals surface area contributed by atoms with E-state index in [-0.39, 0.29) is 6.10 Å². The van der Waals surface area contributed by atoms with Crippen LogP contribution in [0.1, 0.15) is 25.3 Å². The van der Waals surface area contributed by atoms with E-state index in [1.807, 2.05) is 30.3 Å². The van der Waals surface area contributed by atoms with Crippen molar-refractivity contribution >= 4 is 0 Å². The summed E-state index contributed by atoms with van der Waals surface area (Å²) in [6.45, 7) is 6.25. The molecule has 0 radical (unpaired) electrons. The van der Waals surface area contributed by atoms with Crippen LogP contribution in [0.25, 0.3) is 0 Å². The monoisotopic (exact) mass is 263 g/mol. The molecule has 1 N–H and O–H groups in total. The Hall–Kier alpha value is -0.900. The first-order valence-corrected chi connectivity index (χ1v) is 7.26. The van der Waals surface area contributed by atoms with Crippen LogP contribution in [-0.4, -0.2) is 42.4 Å². The fraction of sp³-hybridized carbons (Fsp3) is 0.625. The zero-order valence-corrected chi connectivity index (χ0v) is 11.8. The number of likely N-dealkylation sites (tertiary alicyclic amines) is 1. The standard InChI is InChI=1S/C16H25NO2/c1-14-7-9-17(10-8-14)11-16(18)13-19-12-15-5-3-2-4-6-15/h2-6,14,16,18H,7-13H2,1H3/t16-/m1/s1. The van der Waals surface area contributed by atoms with Crippen LogP contribution in [0.3, 0.4) is 0 Å². The Morgan fingerprint density at radius 2 is 1.95 bits per heavy atom. The Balaban J connectivity index is 1.61. The molecule has 0 spiro atoms. The number of hydrogen-bond acceptors (Lipinski definition) is 3. The van der Waals surface area contributed by atoms with Gasteiger partial charge in [0.2, 0.25) is 0 Å². The van der Waals surface area contributed by atoms with E-state index in [1.54, 1.807) is 0 Å². The maximum atomic E-state index is 9.98. The van der Waals surface area contributed by atoms with Gasteiger partial charge in [-0.2, -0.15) is 0 Å². The molecule has 1 aromatic carbocycles. The molecular weight excluding hydrogens is 238 g/mol. The topological polar surface area (TPSA) is 32.7 Å². The van der Waals surface area contributed by atoms with Gasteiger partial charge < -0.3 is 14.7 Å². The molecule has 1 saturated heterocycles. The number of aliphatic hydroxyl groups is 1. The lowest BCUT2D eigenvalue weighted by molar-refractivity contribution is 0.00497. The van der Waals surface area contributed by atoms with Gasteiger partial charge in [-0.3, -0.25) is 0 Å². The summed E-state index contributed by atoms with van der Waals surface area (Å²) in [4.78, 5) is 2.34. The Kier molecular flexibility index (Phi) is 5.83. The van der Waals surface area contributed by atoms with Crippen LogP contribution in [-0.2, 0) is 11.3 Å². The molecule has 1 aliphatic heterocycles. The summed E-state index contributed by atoms with van der Waals surface area (Å²) in [6.07, 6.45) is 2.12. The Morgan fingerprint density at radius 3 is 2.63 bits per heavy atom. The van der Waals surface area contributed by atoms with Gasteiger partial charge in [0.05, 0.1) is 19.3 Å². The molecule has 2 rings (SSSR count). The molecule has 3 nitrogen and oxygen atoms in total. The lowest BCUT2D eigenvalue weighted by Crippen LogP contribution is -2.39. The zero-order chi connectivity index (χ0) is 13.5. The molecule has 0 saturated carbocycles. The van der Waals surface area contributed by atoms with Crippen LogP contribution in [0.5, 0.6) is 0 Å². The second-order valence-electron chi connectivity index (χ2n) is 5.64. The number of β-amino-alcohol motifs (C(OH)–C–C–N with tert-alkyl or cyclic N) is 1.